The van der Waals surface area contributed by atoms with Gasteiger partial charge in [-0.25, -0.2) is 4.79 Å². The number of likely N-dealkylation sites (N-methyl/N-ethyl adjacent to an activating group) is 1. The Hall–Kier alpha value is -2.64. The van der Waals surface area contributed by atoms with Crippen molar-refractivity contribution in [2.45, 2.75) is 12.5 Å². The summed E-state index contributed by atoms with van der Waals surface area (Å²) in [6.45, 7) is 5.93. The minimum absolute atomic E-state index is 0.0705. The van der Waals surface area contributed by atoms with Crippen LogP contribution in [0.15, 0.2) is 48.8 Å². The van der Waals surface area contributed by atoms with Gasteiger partial charge >= 0.3 is 6.03 Å². The van der Waals surface area contributed by atoms with Gasteiger partial charge in [-0.3, -0.25) is 9.88 Å². The first-order valence-corrected chi connectivity index (χ1v) is 9.84. The highest BCUT2D eigenvalue weighted by Crippen LogP contribution is 2.29. The second-order valence-electron chi connectivity index (χ2n) is 7.44. The molecular weight excluding hydrogens is 354 g/mol. The van der Waals surface area contributed by atoms with E-state index in [9.17, 15) is 4.79 Å². The second-order valence-corrected chi connectivity index (χ2v) is 7.44. The Morgan fingerprint density at radius 2 is 1.93 bits per heavy atom. The molecule has 2 amide bonds. The van der Waals surface area contributed by atoms with E-state index in [1.54, 1.807) is 12.4 Å². The fourth-order valence-corrected chi connectivity index (χ4v) is 3.80. The van der Waals surface area contributed by atoms with Gasteiger partial charge in [0.1, 0.15) is 5.75 Å². The van der Waals surface area contributed by atoms with E-state index in [0.29, 0.717) is 23.2 Å². The Bertz CT molecular complexity index is 792. The number of carbonyl (C=O) groups is 1. The molecule has 7 nitrogen and oxygen atoms in total. The van der Waals surface area contributed by atoms with Crippen LogP contribution in [0.4, 0.5) is 10.5 Å². The average Bonchev–Trinajstić information content (AvgIpc) is 3.21. The molecule has 1 atom stereocenters. The van der Waals surface area contributed by atoms with Crippen LogP contribution < -0.4 is 10.1 Å². The lowest BCUT2D eigenvalue weighted by Gasteiger charge is -2.36. The van der Waals surface area contributed by atoms with Gasteiger partial charge in [0.2, 0.25) is 0 Å². The number of hydrogen-bond donors (Lipinski definition) is 1. The number of carbonyl (C=O) groups excluding carboxylic acids is 1. The highest BCUT2D eigenvalue weighted by atomic mass is 16.5. The van der Waals surface area contributed by atoms with Gasteiger partial charge in [0, 0.05) is 51.5 Å². The maximum Gasteiger partial charge on any atom is 0.322 e. The van der Waals surface area contributed by atoms with Crippen molar-refractivity contribution in [3.63, 3.8) is 0 Å². The molecule has 1 aromatic heterocycles. The number of ether oxygens (including phenoxy) is 1. The minimum atomic E-state index is -0.0705. The zero-order valence-corrected chi connectivity index (χ0v) is 16.3. The molecule has 2 aliphatic heterocycles. The van der Waals surface area contributed by atoms with Crippen molar-refractivity contribution >= 4 is 11.7 Å². The summed E-state index contributed by atoms with van der Waals surface area (Å²) >= 11 is 0. The van der Waals surface area contributed by atoms with E-state index < -0.39 is 0 Å². The molecular formula is C21H27N5O2. The van der Waals surface area contributed by atoms with Gasteiger partial charge in [0.15, 0.2) is 5.75 Å². The van der Waals surface area contributed by atoms with Gasteiger partial charge in [-0.1, -0.05) is 12.1 Å². The Kier molecular flexibility index (Phi) is 5.73. The molecule has 28 heavy (non-hydrogen) atoms. The largest absolute Gasteiger partial charge is 0.454 e. The zero-order chi connectivity index (χ0) is 19.3. The monoisotopic (exact) mass is 381 g/mol. The first kappa shape index (κ1) is 18.7. The van der Waals surface area contributed by atoms with Crippen molar-refractivity contribution in [3.8, 4) is 11.5 Å². The fraction of sp³-hybridized carbons (Fsp3) is 0.429. The van der Waals surface area contributed by atoms with E-state index in [4.69, 9.17) is 4.74 Å². The van der Waals surface area contributed by atoms with Crippen LogP contribution in [0.1, 0.15) is 6.42 Å². The summed E-state index contributed by atoms with van der Waals surface area (Å²) in [5.74, 6) is 1.25. The predicted octanol–water partition coefficient (Wildman–Crippen LogP) is 2.73. The predicted molar refractivity (Wildman–Crippen MR) is 109 cm³/mol. The standard InChI is InChI=1S/C21H27N5O2/c1-24-11-13-25(14-12-24)17-8-10-26(16-17)21(27)23-19-6-2-3-7-20(19)28-18-5-4-9-22-15-18/h2-7,9,15,17H,8,10-14,16H2,1H3,(H,23,27). The number of pyridine rings is 1. The molecule has 1 aromatic carbocycles. The number of piperazine rings is 1. The molecule has 2 aliphatic rings. The van der Waals surface area contributed by atoms with Crippen LogP contribution in [0.2, 0.25) is 0 Å². The number of nitrogens with zero attached hydrogens (tertiary/aromatic N) is 4. The lowest BCUT2D eigenvalue weighted by molar-refractivity contribution is 0.115. The molecule has 0 saturated carbocycles. The van der Waals surface area contributed by atoms with Gasteiger partial charge in [0.25, 0.3) is 0 Å². The van der Waals surface area contributed by atoms with Crippen LogP contribution >= 0.6 is 0 Å². The van der Waals surface area contributed by atoms with E-state index in [2.05, 4.69) is 27.1 Å². The lowest BCUT2D eigenvalue weighted by atomic mass is 10.2. The molecule has 148 valence electrons. The fourth-order valence-electron chi connectivity index (χ4n) is 3.80. The Morgan fingerprint density at radius 1 is 1.11 bits per heavy atom. The van der Waals surface area contributed by atoms with E-state index in [-0.39, 0.29) is 6.03 Å². The maximum absolute atomic E-state index is 12.8. The Morgan fingerprint density at radius 3 is 2.71 bits per heavy atom. The van der Waals surface area contributed by atoms with Crippen molar-refractivity contribution in [1.29, 1.82) is 0 Å². The zero-order valence-electron chi connectivity index (χ0n) is 16.3. The molecule has 0 aliphatic carbocycles. The van der Waals surface area contributed by atoms with Gasteiger partial charge in [-0.2, -0.15) is 0 Å². The summed E-state index contributed by atoms with van der Waals surface area (Å²) in [4.78, 5) is 23.7. The van der Waals surface area contributed by atoms with Crippen LogP contribution in [0.25, 0.3) is 0 Å². The molecule has 0 spiro atoms. The van der Waals surface area contributed by atoms with Crippen molar-refractivity contribution in [2.24, 2.45) is 0 Å². The normalized spacial score (nSPS) is 20.9. The van der Waals surface area contributed by atoms with Gasteiger partial charge in [-0.05, 0) is 37.7 Å². The molecule has 1 unspecified atom stereocenters. The number of para-hydroxylation sites is 2. The summed E-state index contributed by atoms with van der Waals surface area (Å²) in [5, 5.41) is 3.02. The van der Waals surface area contributed by atoms with E-state index in [1.165, 1.54) is 0 Å². The Balaban J connectivity index is 1.37. The van der Waals surface area contributed by atoms with E-state index in [1.807, 2.05) is 41.3 Å². The third kappa shape index (κ3) is 4.43. The highest BCUT2D eigenvalue weighted by Gasteiger charge is 2.31. The summed E-state index contributed by atoms with van der Waals surface area (Å²) < 4.78 is 5.89. The van der Waals surface area contributed by atoms with Crippen LogP contribution in [0.3, 0.4) is 0 Å². The highest BCUT2D eigenvalue weighted by molar-refractivity contribution is 5.91. The van der Waals surface area contributed by atoms with E-state index >= 15 is 0 Å². The number of nitrogens with one attached hydrogen (secondary N) is 1. The van der Waals surface area contributed by atoms with Crippen LogP contribution in [-0.4, -0.2) is 78.1 Å². The topological polar surface area (TPSA) is 60.9 Å². The quantitative estimate of drug-likeness (QED) is 0.882. The molecule has 0 bridgehead atoms. The third-order valence-electron chi connectivity index (χ3n) is 5.50. The summed E-state index contributed by atoms with van der Waals surface area (Å²) in [5.41, 5.74) is 0.666. The number of likely N-dealkylation sites (tertiary alicyclic amines) is 1. The smallest absolute Gasteiger partial charge is 0.322 e. The summed E-state index contributed by atoms with van der Waals surface area (Å²) in [6, 6.07) is 11.5. The number of benzene rings is 1. The SMILES string of the molecule is CN1CCN(C2CCN(C(=O)Nc3ccccc3Oc3cccnc3)C2)CC1. The van der Waals surface area contributed by atoms with E-state index in [0.717, 1.165) is 45.7 Å². The molecule has 2 saturated heterocycles. The molecule has 3 heterocycles. The van der Waals surface area contributed by atoms with Gasteiger partial charge < -0.3 is 19.9 Å². The lowest BCUT2D eigenvalue weighted by Crippen LogP contribution is -2.50. The Labute approximate surface area is 165 Å². The number of amides is 2. The molecule has 2 aromatic rings. The minimum Gasteiger partial charge on any atom is -0.454 e. The number of hydrogen-bond acceptors (Lipinski definition) is 5. The van der Waals surface area contributed by atoms with Crippen molar-refractivity contribution < 1.29 is 9.53 Å². The number of aromatic nitrogens is 1. The maximum atomic E-state index is 12.8. The average molecular weight is 381 g/mol. The number of rotatable bonds is 4. The molecule has 2 fully saturated rings. The van der Waals surface area contributed by atoms with Gasteiger partial charge in [-0.15, -0.1) is 0 Å². The van der Waals surface area contributed by atoms with Crippen molar-refractivity contribution in [2.75, 3.05) is 51.6 Å². The van der Waals surface area contributed by atoms with Crippen molar-refractivity contribution in [3.05, 3.63) is 48.8 Å². The second kappa shape index (κ2) is 8.58. The number of urea groups is 1. The molecule has 4 rings (SSSR count). The third-order valence-corrected chi connectivity index (χ3v) is 5.50. The van der Waals surface area contributed by atoms with Crippen LogP contribution in [-0.2, 0) is 0 Å². The first-order valence-electron chi connectivity index (χ1n) is 9.84. The van der Waals surface area contributed by atoms with Gasteiger partial charge in [0.05, 0.1) is 11.9 Å². The molecule has 1 N–H and O–H groups in total. The molecule has 7 heteroatoms. The first-order chi connectivity index (χ1) is 13.7. The van der Waals surface area contributed by atoms with Crippen LogP contribution in [0, 0.1) is 0 Å². The number of anilines is 1. The molecule has 0 radical (unpaired) electrons. The summed E-state index contributed by atoms with van der Waals surface area (Å²) in [7, 11) is 2.16. The van der Waals surface area contributed by atoms with Crippen LogP contribution in [0.5, 0.6) is 11.5 Å². The van der Waals surface area contributed by atoms with Crippen molar-refractivity contribution in [1.82, 2.24) is 19.7 Å². The summed E-state index contributed by atoms with van der Waals surface area (Å²) in [6.07, 6.45) is 4.38.